The number of thioether (sulfide) groups is 2. The van der Waals surface area contributed by atoms with Crippen molar-refractivity contribution in [2.45, 2.75) is 21.6 Å². The third-order valence-electron chi connectivity index (χ3n) is 5.24. The number of fused-ring (bicyclic) bond motifs is 1. The zero-order valence-electron chi connectivity index (χ0n) is 17.6. The Morgan fingerprint density at radius 2 is 1.34 bits per heavy atom. The Hall–Kier alpha value is -2.68. The van der Waals surface area contributed by atoms with Gasteiger partial charge in [-0.2, -0.15) is 0 Å². The number of rotatable bonds is 7. The quantitative estimate of drug-likeness (QED) is 0.321. The van der Waals surface area contributed by atoms with Gasteiger partial charge in [-0.05, 0) is 11.1 Å². The lowest BCUT2D eigenvalue weighted by Gasteiger charge is -2.27. The van der Waals surface area contributed by atoms with E-state index in [0.717, 1.165) is 64.7 Å². The minimum atomic E-state index is 0.769. The van der Waals surface area contributed by atoms with Gasteiger partial charge >= 0.3 is 0 Å². The van der Waals surface area contributed by atoms with Crippen molar-refractivity contribution in [1.82, 2.24) is 25.3 Å². The molecule has 0 unspecified atom stereocenters. The Balaban J connectivity index is 1.49. The van der Waals surface area contributed by atoms with Crippen molar-refractivity contribution >= 4 is 40.5 Å². The summed E-state index contributed by atoms with van der Waals surface area (Å²) in [5, 5.41) is 5.22. The van der Waals surface area contributed by atoms with Gasteiger partial charge in [-0.3, -0.25) is 0 Å². The summed E-state index contributed by atoms with van der Waals surface area (Å²) in [5.41, 5.74) is 4.20. The first-order valence-electron chi connectivity index (χ1n) is 10.7. The number of piperazine rings is 1. The molecule has 1 N–H and O–H groups in total. The van der Waals surface area contributed by atoms with Gasteiger partial charge < -0.3 is 10.2 Å². The number of hydrogen-bond acceptors (Lipinski definition) is 8. The van der Waals surface area contributed by atoms with Gasteiger partial charge in [-0.25, -0.2) is 19.9 Å². The fourth-order valence-corrected chi connectivity index (χ4v) is 5.38. The summed E-state index contributed by atoms with van der Waals surface area (Å²) >= 11 is 3.41. The minimum Gasteiger partial charge on any atom is -0.338 e. The van der Waals surface area contributed by atoms with Crippen molar-refractivity contribution in [3.8, 4) is 0 Å². The highest BCUT2D eigenvalue weighted by Gasteiger charge is 2.19. The highest BCUT2D eigenvalue weighted by Crippen LogP contribution is 2.33. The van der Waals surface area contributed by atoms with E-state index in [1.807, 2.05) is 12.1 Å². The van der Waals surface area contributed by atoms with Gasteiger partial charge in [0, 0.05) is 37.7 Å². The lowest BCUT2D eigenvalue weighted by atomic mass is 10.2. The molecule has 2 aromatic heterocycles. The molecule has 5 rings (SSSR count). The van der Waals surface area contributed by atoms with Crippen LogP contribution in [0.1, 0.15) is 11.1 Å². The van der Waals surface area contributed by atoms with Crippen LogP contribution in [0.25, 0.3) is 11.0 Å². The zero-order valence-corrected chi connectivity index (χ0v) is 19.3. The molecule has 0 aliphatic carbocycles. The number of nitrogens with zero attached hydrogens (tertiary/aromatic N) is 5. The molecule has 32 heavy (non-hydrogen) atoms. The van der Waals surface area contributed by atoms with E-state index in [1.54, 1.807) is 29.9 Å². The molecular formula is C24H24N6S2. The molecule has 1 aliphatic heterocycles. The summed E-state index contributed by atoms with van der Waals surface area (Å²) in [6.45, 7) is 3.67. The van der Waals surface area contributed by atoms with Crippen LogP contribution >= 0.6 is 23.5 Å². The summed E-state index contributed by atoms with van der Waals surface area (Å²) in [6, 6.07) is 20.9. The summed E-state index contributed by atoms with van der Waals surface area (Å²) in [6.07, 6.45) is 1.64. The second-order valence-electron chi connectivity index (χ2n) is 7.49. The van der Waals surface area contributed by atoms with Crippen LogP contribution in [0.4, 0.5) is 5.95 Å². The van der Waals surface area contributed by atoms with E-state index in [1.165, 1.54) is 11.1 Å². The molecule has 0 bridgehead atoms. The molecule has 2 aromatic carbocycles. The van der Waals surface area contributed by atoms with Crippen LogP contribution < -0.4 is 10.2 Å². The van der Waals surface area contributed by atoms with Gasteiger partial charge in [0.05, 0.1) is 0 Å². The van der Waals surface area contributed by atoms with Crippen LogP contribution in [0, 0.1) is 0 Å². The maximum Gasteiger partial charge on any atom is 0.227 e. The molecule has 0 atom stereocenters. The van der Waals surface area contributed by atoms with E-state index in [4.69, 9.17) is 9.97 Å². The molecule has 162 valence electrons. The maximum atomic E-state index is 4.95. The van der Waals surface area contributed by atoms with E-state index in [-0.39, 0.29) is 0 Å². The van der Waals surface area contributed by atoms with Gasteiger partial charge in [0.25, 0.3) is 0 Å². The van der Waals surface area contributed by atoms with E-state index in [9.17, 15) is 0 Å². The molecule has 3 heterocycles. The normalized spacial score (nSPS) is 14.1. The number of aromatic nitrogens is 4. The molecule has 1 saturated heterocycles. The van der Waals surface area contributed by atoms with Crippen molar-refractivity contribution in [2.24, 2.45) is 0 Å². The second kappa shape index (κ2) is 10.3. The largest absolute Gasteiger partial charge is 0.338 e. The molecule has 0 saturated carbocycles. The van der Waals surface area contributed by atoms with E-state index >= 15 is 0 Å². The highest BCUT2D eigenvalue weighted by molar-refractivity contribution is 7.99. The first-order chi connectivity index (χ1) is 15.9. The van der Waals surface area contributed by atoms with Crippen LogP contribution in [0.2, 0.25) is 0 Å². The number of nitrogens with one attached hydrogen (secondary N) is 1. The van der Waals surface area contributed by atoms with Crippen LogP contribution in [-0.2, 0) is 11.5 Å². The van der Waals surface area contributed by atoms with Crippen molar-refractivity contribution < 1.29 is 0 Å². The molecular weight excluding hydrogens is 436 g/mol. The lowest BCUT2D eigenvalue weighted by Crippen LogP contribution is -2.44. The molecule has 0 radical (unpaired) electrons. The van der Waals surface area contributed by atoms with Gasteiger partial charge in [0.15, 0.2) is 0 Å². The Bertz CT molecular complexity index is 1170. The van der Waals surface area contributed by atoms with E-state index in [0.29, 0.717) is 0 Å². The molecule has 0 amide bonds. The Kier molecular flexibility index (Phi) is 6.81. The Morgan fingerprint density at radius 3 is 2.00 bits per heavy atom. The lowest BCUT2D eigenvalue weighted by molar-refractivity contribution is 0.579. The third-order valence-corrected chi connectivity index (χ3v) is 7.33. The van der Waals surface area contributed by atoms with Gasteiger partial charge in [-0.1, -0.05) is 84.2 Å². The van der Waals surface area contributed by atoms with Crippen molar-refractivity contribution in [3.05, 3.63) is 78.1 Å². The second-order valence-corrected chi connectivity index (χ2v) is 9.42. The SMILES string of the molecule is c1ccc(CSc2nc(N3CCNCC3)nc3c(SCc4ccccc4)ncnc23)cc1. The van der Waals surface area contributed by atoms with E-state index in [2.05, 4.69) is 68.7 Å². The fraction of sp³-hybridized carbons (Fsp3) is 0.250. The minimum absolute atomic E-state index is 0.769. The highest BCUT2D eigenvalue weighted by atomic mass is 32.2. The van der Waals surface area contributed by atoms with E-state index < -0.39 is 0 Å². The van der Waals surface area contributed by atoms with Gasteiger partial charge in [0.1, 0.15) is 27.4 Å². The van der Waals surface area contributed by atoms with Crippen LogP contribution in [0.3, 0.4) is 0 Å². The van der Waals surface area contributed by atoms with Crippen LogP contribution in [0.5, 0.6) is 0 Å². The van der Waals surface area contributed by atoms with Crippen molar-refractivity contribution in [3.63, 3.8) is 0 Å². The zero-order chi connectivity index (χ0) is 21.6. The smallest absolute Gasteiger partial charge is 0.227 e. The first kappa shape index (κ1) is 21.2. The molecule has 1 aliphatic rings. The summed E-state index contributed by atoms with van der Waals surface area (Å²) in [5.74, 6) is 2.45. The number of anilines is 1. The summed E-state index contributed by atoms with van der Waals surface area (Å²) in [7, 11) is 0. The van der Waals surface area contributed by atoms with Crippen LogP contribution in [-0.4, -0.2) is 46.1 Å². The summed E-state index contributed by atoms with van der Waals surface area (Å²) in [4.78, 5) is 21.3. The topological polar surface area (TPSA) is 66.8 Å². The van der Waals surface area contributed by atoms with Gasteiger partial charge in [-0.15, -0.1) is 0 Å². The van der Waals surface area contributed by atoms with Crippen molar-refractivity contribution in [2.75, 3.05) is 31.1 Å². The monoisotopic (exact) mass is 460 g/mol. The predicted molar refractivity (Wildman–Crippen MR) is 132 cm³/mol. The maximum absolute atomic E-state index is 4.95. The van der Waals surface area contributed by atoms with Crippen LogP contribution in [0.15, 0.2) is 77.0 Å². The molecule has 0 spiro atoms. The predicted octanol–water partition coefficient (Wildman–Crippen LogP) is 4.41. The summed E-state index contributed by atoms with van der Waals surface area (Å²) < 4.78 is 0. The van der Waals surface area contributed by atoms with Crippen molar-refractivity contribution in [1.29, 1.82) is 0 Å². The standard InChI is InChI=1S/C24H24N6S2/c1-3-7-18(8-4-1)15-31-22-21-20(26-17-27-22)23(32-16-19-9-5-2-6-10-19)29-24(28-21)30-13-11-25-12-14-30/h1-10,17,25H,11-16H2. The third kappa shape index (κ3) is 5.03. The Labute approximate surface area is 196 Å². The number of benzene rings is 2. The first-order valence-corrected chi connectivity index (χ1v) is 12.7. The average Bonchev–Trinajstić information content (AvgIpc) is 2.87. The molecule has 1 fully saturated rings. The van der Waals surface area contributed by atoms with Gasteiger partial charge in [0.2, 0.25) is 5.95 Å². The molecule has 4 aromatic rings. The number of hydrogen-bond donors (Lipinski definition) is 1. The molecule has 6 nitrogen and oxygen atoms in total. The molecule has 8 heteroatoms. The fourth-order valence-electron chi connectivity index (χ4n) is 3.55. The Morgan fingerprint density at radius 1 is 0.719 bits per heavy atom. The average molecular weight is 461 g/mol.